The smallest absolute Gasteiger partial charge is 0.166 e. The number of rotatable bonds is 11. The summed E-state index contributed by atoms with van der Waals surface area (Å²) in [7, 11) is 0. The third-order valence-corrected chi connectivity index (χ3v) is 11.7. The molecule has 3 aromatic carbocycles. The van der Waals surface area contributed by atoms with Crippen molar-refractivity contribution in [2.45, 2.75) is 57.8 Å². The molecular weight excluding hydrogens is 741 g/mol. The molecule has 0 radical (unpaired) electrons. The second-order valence-corrected chi connectivity index (χ2v) is 15.7. The first-order valence-corrected chi connectivity index (χ1v) is 19.9. The highest BCUT2D eigenvalue weighted by atomic mass is 35.5. The molecule has 0 amide bonds. The number of nitrogens with one attached hydrogen (secondary N) is 2. The van der Waals surface area contributed by atoms with Gasteiger partial charge in [0.1, 0.15) is 12.2 Å². The van der Waals surface area contributed by atoms with Gasteiger partial charge in [-0.15, -0.1) is 0 Å². The Balaban J connectivity index is 0.868. The minimum atomic E-state index is -0.896. The molecule has 3 aromatic rings. The Bertz CT molecular complexity index is 2030. The highest BCUT2D eigenvalue weighted by Crippen LogP contribution is 2.40. The van der Waals surface area contributed by atoms with Gasteiger partial charge in [0.15, 0.2) is 5.72 Å². The van der Waals surface area contributed by atoms with Crippen LogP contribution in [0.1, 0.15) is 45.6 Å². The molecular formula is C41H46Cl3N9O. The van der Waals surface area contributed by atoms with Crippen molar-refractivity contribution in [3.63, 3.8) is 0 Å². The number of benzene rings is 3. The summed E-state index contributed by atoms with van der Waals surface area (Å²) < 4.78 is 6.53. The van der Waals surface area contributed by atoms with Crippen molar-refractivity contribution < 1.29 is 4.74 Å². The number of allylic oxidation sites excluding steroid dienone is 2. The summed E-state index contributed by atoms with van der Waals surface area (Å²) in [6.45, 7) is 11.5. The Hall–Kier alpha value is -4.15. The van der Waals surface area contributed by atoms with Crippen molar-refractivity contribution in [2.75, 3.05) is 65.9 Å². The van der Waals surface area contributed by atoms with Gasteiger partial charge >= 0.3 is 0 Å². The average Bonchev–Trinajstić information content (AvgIpc) is 3.79. The van der Waals surface area contributed by atoms with Gasteiger partial charge in [-0.05, 0) is 93.3 Å². The lowest BCUT2D eigenvalue weighted by Crippen LogP contribution is -2.50. The van der Waals surface area contributed by atoms with Crippen LogP contribution in [0.4, 0.5) is 22.7 Å². The minimum Gasteiger partial charge on any atom is -0.383 e. The Morgan fingerprint density at radius 1 is 0.944 bits per heavy atom. The van der Waals surface area contributed by atoms with Crippen molar-refractivity contribution in [3.05, 3.63) is 110 Å². The second kappa shape index (κ2) is 15.5. The fourth-order valence-corrected chi connectivity index (χ4v) is 8.35. The van der Waals surface area contributed by atoms with E-state index in [1.165, 1.54) is 17.1 Å². The van der Waals surface area contributed by atoms with E-state index in [-0.39, 0.29) is 6.04 Å². The molecule has 8 rings (SSSR count). The fourth-order valence-electron chi connectivity index (χ4n) is 7.49. The molecule has 4 aliphatic heterocycles. The summed E-state index contributed by atoms with van der Waals surface area (Å²) in [4.78, 5) is 7.08. The maximum absolute atomic E-state index is 6.93. The van der Waals surface area contributed by atoms with Crippen LogP contribution in [0.25, 0.3) is 0 Å². The number of nitrogens with zero attached hydrogens (tertiary/aromatic N) is 7. The molecule has 10 nitrogen and oxygen atoms in total. The highest BCUT2D eigenvalue weighted by molar-refractivity contribution is 6.35. The number of halogens is 3. The van der Waals surface area contributed by atoms with Crippen molar-refractivity contribution >= 4 is 70.1 Å². The molecule has 282 valence electrons. The largest absolute Gasteiger partial charge is 0.383 e. The third kappa shape index (κ3) is 7.56. The van der Waals surface area contributed by atoms with E-state index in [2.05, 4.69) is 91.4 Å². The number of ether oxygens (including phenoxy) is 1. The van der Waals surface area contributed by atoms with Crippen LogP contribution in [0.2, 0.25) is 15.1 Å². The summed E-state index contributed by atoms with van der Waals surface area (Å²) in [6.07, 6.45) is 8.87. The molecule has 3 unspecified atom stereocenters. The normalized spacial score (nSPS) is 22.8. The topological polar surface area (TPSA) is 74.2 Å². The van der Waals surface area contributed by atoms with Gasteiger partial charge in [0.05, 0.1) is 47.9 Å². The van der Waals surface area contributed by atoms with Crippen LogP contribution in [0.15, 0.2) is 99.8 Å². The summed E-state index contributed by atoms with van der Waals surface area (Å²) in [5.74, 6) is 1.25. The van der Waals surface area contributed by atoms with Crippen LogP contribution < -0.4 is 25.3 Å². The molecule has 1 saturated carbocycles. The van der Waals surface area contributed by atoms with E-state index < -0.39 is 5.72 Å². The van der Waals surface area contributed by atoms with Gasteiger partial charge in [-0.2, -0.15) is 10.2 Å². The Kier molecular flexibility index (Phi) is 10.6. The van der Waals surface area contributed by atoms with Crippen molar-refractivity contribution in [3.8, 4) is 0 Å². The minimum absolute atomic E-state index is 0.00820. The molecule has 1 aliphatic carbocycles. The molecule has 54 heavy (non-hydrogen) atoms. The lowest BCUT2D eigenvalue weighted by Gasteiger charge is -2.38. The summed E-state index contributed by atoms with van der Waals surface area (Å²) in [5.41, 5.74) is 9.90. The molecule has 3 atom stereocenters. The molecule has 2 saturated heterocycles. The van der Waals surface area contributed by atoms with E-state index in [9.17, 15) is 0 Å². The van der Waals surface area contributed by atoms with Crippen LogP contribution in [0.3, 0.4) is 0 Å². The predicted molar refractivity (Wildman–Crippen MR) is 223 cm³/mol. The van der Waals surface area contributed by atoms with Crippen LogP contribution in [0.5, 0.6) is 0 Å². The van der Waals surface area contributed by atoms with Gasteiger partial charge in [0.25, 0.3) is 0 Å². The quantitative estimate of drug-likeness (QED) is 0.188. The second-order valence-electron chi connectivity index (χ2n) is 14.5. The van der Waals surface area contributed by atoms with Gasteiger partial charge < -0.3 is 19.9 Å². The Labute approximate surface area is 332 Å². The van der Waals surface area contributed by atoms with Crippen LogP contribution in [-0.2, 0) is 10.5 Å². The summed E-state index contributed by atoms with van der Waals surface area (Å²) in [5, 5.41) is 22.5. The first-order chi connectivity index (χ1) is 26.2. The van der Waals surface area contributed by atoms with E-state index in [1.54, 1.807) is 18.4 Å². The lowest BCUT2D eigenvalue weighted by atomic mass is 10.0. The van der Waals surface area contributed by atoms with Gasteiger partial charge in [0, 0.05) is 71.5 Å². The van der Waals surface area contributed by atoms with Crippen LogP contribution in [-0.4, -0.2) is 80.5 Å². The molecule has 4 heterocycles. The Morgan fingerprint density at radius 3 is 2.41 bits per heavy atom. The molecule has 3 fully saturated rings. The molecule has 0 aromatic heterocycles. The zero-order valence-electron chi connectivity index (χ0n) is 30.9. The van der Waals surface area contributed by atoms with Crippen LogP contribution in [0, 0.1) is 0 Å². The number of hydrogen-bond donors (Lipinski definition) is 2. The number of hydrogen-bond acceptors (Lipinski definition) is 10. The van der Waals surface area contributed by atoms with Gasteiger partial charge in [-0.25, -0.2) is 5.01 Å². The molecule has 13 heteroatoms. The average molecular weight is 787 g/mol. The summed E-state index contributed by atoms with van der Waals surface area (Å²) in [6, 6.07) is 21.0. The number of anilines is 4. The van der Waals surface area contributed by atoms with E-state index >= 15 is 0 Å². The van der Waals surface area contributed by atoms with Crippen molar-refractivity contribution in [1.82, 2.24) is 15.3 Å². The standard InChI is InChI=1S/C41H46Cl3N9O/c1-4-28(2)53-40(30-7-8-30)51(27-47-53)35-13-11-34(12-14-35)49-18-20-50(21-19-49)39-16-10-32(23-38(39)44)45-24-33-25-54-41(48-33,26-52-29(3)6-5-17-46-52)36-15-9-31(42)22-37(36)43/h5,9-17,22-23,27-28,33,45,48H,4,7-8,18-21,24-26H2,1-3H3. The lowest BCUT2D eigenvalue weighted by molar-refractivity contribution is -0.0350. The monoisotopic (exact) mass is 785 g/mol. The van der Waals surface area contributed by atoms with E-state index in [0.717, 1.165) is 78.8 Å². The molecule has 0 spiro atoms. The highest BCUT2D eigenvalue weighted by Gasteiger charge is 2.44. The molecule has 0 bridgehead atoms. The fraction of sp³-hybridized carbons (Fsp3) is 0.390. The van der Waals surface area contributed by atoms with Crippen molar-refractivity contribution in [2.24, 2.45) is 10.2 Å². The summed E-state index contributed by atoms with van der Waals surface area (Å²) >= 11 is 19.9. The maximum Gasteiger partial charge on any atom is 0.166 e. The SMILES string of the molecule is CCC(C)N1N=CN(c2ccc(N3CCN(c4ccc(NCC5COC(CN6N=CC=C=C6C)(c6ccc(Cl)cc6Cl)N5)cc4Cl)CC3)cc2)C1=C1CC1. The number of hydrazone groups is 2. The zero-order valence-corrected chi connectivity index (χ0v) is 33.2. The number of piperazine rings is 1. The zero-order chi connectivity index (χ0) is 37.4. The molecule has 5 aliphatic rings. The van der Waals surface area contributed by atoms with Gasteiger partial charge in [-0.3, -0.25) is 15.2 Å². The van der Waals surface area contributed by atoms with E-state index in [1.807, 2.05) is 36.5 Å². The third-order valence-electron chi connectivity index (χ3n) is 10.8. The Morgan fingerprint density at radius 2 is 1.70 bits per heavy atom. The molecule has 2 N–H and O–H groups in total. The first-order valence-electron chi connectivity index (χ1n) is 18.8. The van der Waals surface area contributed by atoms with E-state index in [0.29, 0.717) is 35.8 Å². The van der Waals surface area contributed by atoms with Crippen molar-refractivity contribution in [1.29, 1.82) is 0 Å². The van der Waals surface area contributed by atoms with Gasteiger partial charge in [-0.1, -0.05) is 53.5 Å². The van der Waals surface area contributed by atoms with Crippen LogP contribution >= 0.6 is 34.8 Å². The predicted octanol–water partition coefficient (Wildman–Crippen LogP) is 8.46. The maximum atomic E-state index is 6.93. The van der Waals surface area contributed by atoms with Gasteiger partial charge in [0.2, 0.25) is 0 Å². The van der Waals surface area contributed by atoms with E-state index in [4.69, 9.17) is 44.6 Å². The first kappa shape index (κ1) is 36.8.